The van der Waals surface area contributed by atoms with Crippen molar-refractivity contribution in [1.82, 2.24) is 4.98 Å². The van der Waals surface area contributed by atoms with E-state index in [0.29, 0.717) is 27.7 Å². The standard InChI is InChI=1S/C21H18ClN3O3/c1-13-3-4-15(22)12-18(13)25-21(27)19-11-14(9-10-23-19)20(26)24-16-5-7-17(28-2)8-6-16/h3-12H,1-2H3,(H,24,26)(H,25,27). The number of rotatable bonds is 5. The summed E-state index contributed by atoms with van der Waals surface area (Å²) in [4.78, 5) is 29.1. The van der Waals surface area contributed by atoms with Crippen molar-refractivity contribution in [1.29, 1.82) is 0 Å². The Labute approximate surface area is 167 Å². The third kappa shape index (κ3) is 4.66. The molecule has 0 fully saturated rings. The number of nitrogens with one attached hydrogen (secondary N) is 2. The molecule has 7 heteroatoms. The Morgan fingerprint density at radius 2 is 1.71 bits per heavy atom. The molecule has 0 atom stereocenters. The molecule has 0 bridgehead atoms. The lowest BCUT2D eigenvalue weighted by atomic mass is 10.1. The van der Waals surface area contributed by atoms with Crippen LogP contribution in [0.15, 0.2) is 60.8 Å². The van der Waals surface area contributed by atoms with E-state index in [-0.39, 0.29) is 11.6 Å². The summed E-state index contributed by atoms with van der Waals surface area (Å²) in [5, 5.41) is 6.05. The summed E-state index contributed by atoms with van der Waals surface area (Å²) in [6.07, 6.45) is 1.42. The number of methoxy groups -OCH3 is 1. The van der Waals surface area contributed by atoms with Gasteiger partial charge in [-0.25, -0.2) is 0 Å². The van der Waals surface area contributed by atoms with Gasteiger partial charge in [0, 0.05) is 28.2 Å². The Morgan fingerprint density at radius 1 is 0.964 bits per heavy atom. The Balaban J connectivity index is 1.74. The summed E-state index contributed by atoms with van der Waals surface area (Å²) in [7, 11) is 1.57. The predicted octanol–water partition coefficient (Wildman–Crippen LogP) is 4.56. The van der Waals surface area contributed by atoms with Crippen molar-refractivity contribution in [2.75, 3.05) is 17.7 Å². The molecule has 28 heavy (non-hydrogen) atoms. The molecule has 2 aromatic carbocycles. The maximum atomic E-state index is 12.5. The minimum atomic E-state index is -0.426. The number of carbonyl (C=O) groups is 2. The number of benzene rings is 2. The third-order valence-electron chi connectivity index (χ3n) is 4.05. The number of hydrogen-bond acceptors (Lipinski definition) is 4. The lowest BCUT2D eigenvalue weighted by Gasteiger charge is -2.10. The summed E-state index contributed by atoms with van der Waals surface area (Å²) in [6, 6.07) is 15.1. The summed E-state index contributed by atoms with van der Waals surface area (Å²) in [5.41, 5.74) is 2.52. The van der Waals surface area contributed by atoms with E-state index < -0.39 is 5.91 Å². The average Bonchev–Trinajstić information content (AvgIpc) is 2.71. The van der Waals surface area contributed by atoms with Crippen LogP contribution in [0, 0.1) is 6.92 Å². The smallest absolute Gasteiger partial charge is 0.274 e. The highest BCUT2D eigenvalue weighted by Crippen LogP contribution is 2.21. The van der Waals surface area contributed by atoms with Crippen molar-refractivity contribution in [2.24, 2.45) is 0 Å². The van der Waals surface area contributed by atoms with Crippen LogP contribution in [0.5, 0.6) is 5.75 Å². The average molecular weight is 396 g/mol. The van der Waals surface area contributed by atoms with E-state index >= 15 is 0 Å². The van der Waals surface area contributed by atoms with Crippen molar-refractivity contribution in [2.45, 2.75) is 6.92 Å². The van der Waals surface area contributed by atoms with Crippen LogP contribution in [-0.2, 0) is 0 Å². The van der Waals surface area contributed by atoms with Crippen LogP contribution in [0.2, 0.25) is 5.02 Å². The van der Waals surface area contributed by atoms with Gasteiger partial charge in [-0.3, -0.25) is 14.6 Å². The van der Waals surface area contributed by atoms with Crippen molar-refractivity contribution in [3.8, 4) is 5.75 Å². The molecule has 2 N–H and O–H groups in total. The van der Waals surface area contributed by atoms with Gasteiger partial charge in [0.15, 0.2) is 0 Å². The Kier molecular flexibility index (Phi) is 5.91. The maximum absolute atomic E-state index is 12.5. The molecule has 142 valence electrons. The number of anilines is 2. The van der Waals surface area contributed by atoms with Crippen LogP contribution in [0.1, 0.15) is 26.4 Å². The van der Waals surface area contributed by atoms with E-state index in [9.17, 15) is 9.59 Å². The number of nitrogens with zero attached hydrogens (tertiary/aromatic N) is 1. The number of aryl methyl sites for hydroxylation is 1. The fourth-order valence-corrected chi connectivity index (χ4v) is 2.66. The SMILES string of the molecule is COc1ccc(NC(=O)c2ccnc(C(=O)Nc3cc(Cl)ccc3C)c2)cc1. The van der Waals surface area contributed by atoms with E-state index in [2.05, 4.69) is 15.6 Å². The Bertz CT molecular complexity index is 1020. The maximum Gasteiger partial charge on any atom is 0.274 e. The second-order valence-corrected chi connectivity index (χ2v) is 6.46. The molecule has 0 aliphatic heterocycles. The van der Waals surface area contributed by atoms with Crippen LogP contribution in [-0.4, -0.2) is 23.9 Å². The van der Waals surface area contributed by atoms with E-state index in [1.807, 2.05) is 13.0 Å². The lowest BCUT2D eigenvalue weighted by Crippen LogP contribution is -2.17. The van der Waals surface area contributed by atoms with Crippen LogP contribution in [0.3, 0.4) is 0 Å². The van der Waals surface area contributed by atoms with Gasteiger partial charge in [-0.05, 0) is 61.0 Å². The normalized spacial score (nSPS) is 10.2. The second-order valence-electron chi connectivity index (χ2n) is 6.03. The molecule has 0 spiro atoms. The number of aromatic nitrogens is 1. The topological polar surface area (TPSA) is 80.3 Å². The zero-order valence-corrected chi connectivity index (χ0v) is 16.1. The molecule has 0 aliphatic carbocycles. The largest absolute Gasteiger partial charge is 0.497 e. The summed E-state index contributed by atoms with van der Waals surface area (Å²) in [6.45, 7) is 1.86. The molecule has 0 saturated carbocycles. The van der Waals surface area contributed by atoms with Crippen molar-refractivity contribution in [3.05, 3.63) is 82.6 Å². The minimum absolute atomic E-state index is 0.127. The number of ether oxygens (including phenoxy) is 1. The van der Waals surface area contributed by atoms with Crippen LogP contribution in [0.4, 0.5) is 11.4 Å². The fourth-order valence-electron chi connectivity index (χ4n) is 2.49. The number of carbonyl (C=O) groups excluding carboxylic acids is 2. The van der Waals surface area contributed by atoms with Gasteiger partial charge in [-0.1, -0.05) is 17.7 Å². The first-order valence-electron chi connectivity index (χ1n) is 8.45. The highest BCUT2D eigenvalue weighted by atomic mass is 35.5. The summed E-state index contributed by atoms with van der Waals surface area (Å²) >= 11 is 5.98. The first-order valence-corrected chi connectivity index (χ1v) is 8.83. The van der Waals surface area contributed by atoms with Gasteiger partial charge in [0.05, 0.1) is 7.11 Å². The van der Waals surface area contributed by atoms with Crippen LogP contribution < -0.4 is 15.4 Å². The Morgan fingerprint density at radius 3 is 2.43 bits per heavy atom. The highest BCUT2D eigenvalue weighted by molar-refractivity contribution is 6.31. The molecule has 3 aromatic rings. The van der Waals surface area contributed by atoms with Gasteiger partial charge in [-0.15, -0.1) is 0 Å². The molecule has 6 nitrogen and oxygen atoms in total. The molecule has 0 radical (unpaired) electrons. The fraction of sp³-hybridized carbons (Fsp3) is 0.0952. The number of pyridine rings is 1. The molecule has 1 aromatic heterocycles. The van der Waals surface area contributed by atoms with Crippen LogP contribution in [0.25, 0.3) is 0 Å². The zero-order valence-electron chi connectivity index (χ0n) is 15.3. The van der Waals surface area contributed by atoms with Gasteiger partial charge in [-0.2, -0.15) is 0 Å². The molecule has 2 amide bonds. The van der Waals surface area contributed by atoms with Gasteiger partial charge < -0.3 is 15.4 Å². The first kappa shape index (κ1) is 19.4. The van der Waals surface area contributed by atoms with Crippen molar-refractivity contribution in [3.63, 3.8) is 0 Å². The monoisotopic (exact) mass is 395 g/mol. The van der Waals surface area contributed by atoms with Crippen LogP contribution >= 0.6 is 11.6 Å². The Hall–Kier alpha value is -3.38. The van der Waals surface area contributed by atoms with E-state index in [4.69, 9.17) is 16.3 Å². The first-order chi connectivity index (χ1) is 13.5. The molecular weight excluding hydrogens is 378 g/mol. The quantitative estimate of drug-likeness (QED) is 0.663. The highest BCUT2D eigenvalue weighted by Gasteiger charge is 2.13. The molecule has 3 rings (SSSR count). The number of hydrogen-bond donors (Lipinski definition) is 2. The van der Waals surface area contributed by atoms with Crippen molar-refractivity contribution < 1.29 is 14.3 Å². The zero-order chi connectivity index (χ0) is 20.1. The van der Waals surface area contributed by atoms with E-state index in [1.165, 1.54) is 12.3 Å². The molecule has 0 saturated heterocycles. The van der Waals surface area contributed by atoms with Crippen molar-refractivity contribution >= 4 is 34.8 Å². The molecule has 0 aliphatic rings. The van der Waals surface area contributed by atoms with E-state index in [0.717, 1.165) is 5.56 Å². The number of halogens is 1. The van der Waals surface area contributed by atoms with E-state index in [1.54, 1.807) is 49.6 Å². The minimum Gasteiger partial charge on any atom is -0.497 e. The second kappa shape index (κ2) is 8.54. The summed E-state index contributed by atoms with van der Waals surface area (Å²) < 4.78 is 5.09. The lowest BCUT2D eigenvalue weighted by molar-refractivity contribution is 0.102. The van der Waals surface area contributed by atoms with Gasteiger partial charge in [0.1, 0.15) is 11.4 Å². The number of amides is 2. The van der Waals surface area contributed by atoms with Gasteiger partial charge >= 0.3 is 0 Å². The third-order valence-corrected chi connectivity index (χ3v) is 4.29. The molecular formula is C21H18ClN3O3. The van der Waals surface area contributed by atoms with Gasteiger partial charge in [0.25, 0.3) is 11.8 Å². The molecule has 1 heterocycles. The predicted molar refractivity (Wildman–Crippen MR) is 109 cm³/mol. The van der Waals surface area contributed by atoms with Gasteiger partial charge in [0.2, 0.25) is 0 Å². The summed E-state index contributed by atoms with van der Waals surface area (Å²) in [5.74, 6) is -0.0813. The molecule has 0 unspecified atom stereocenters.